The number of hydrogen-bond acceptors (Lipinski definition) is 1. The average molecular weight is 326 g/mol. The topological polar surface area (TPSA) is 9.23 Å². The standard InChI is InChI=1S/C10H20F6OSi2/c1-18(2,3)17-19(4,7-5-9(11,12)13)8-6-10(14,15)16/h5-8H2,1-4H3. The molecule has 0 N–H and O–H groups in total. The molecule has 116 valence electrons. The minimum atomic E-state index is -4.35. The third-order valence-corrected chi connectivity index (χ3v) is 9.46. The van der Waals surface area contributed by atoms with Crippen LogP contribution in [0.3, 0.4) is 0 Å². The third kappa shape index (κ3) is 11.5. The lowest BCUT2D eigenvalue weighted by Gasteiger charge is -2.35. The van der Waals surface area contributed by atoms with Crippen molar-refractivity contribution in [3.05, 3.63) is 0 Å². The summed E-state index contributed by atoms with van der Waals surface area (Å²) < 4.78 is 79.2. The van der Waals surface area contributed by atoms with Crippen LogP contribution in [0, 0.1) is 0 Å². The summed E-state index contributed by atoms with van der Waals surface area (Å²) in [7, 11) is -5.14. The molecular weight excluding hydrogens is 306 g/mol. The maximum atomic E-state index is 12.2. The molecule has 0 aliphatic carbocycles. The summed E-state index contributed by atoms with van der Waals surface area (Å²) in [6.45, 7) is 6.81. The molecule has 9 heteroatoms. The monoisotopic (exact) mass is 326 g/mol. The molecule has 0 fully saturated rings. The van der Waals surface area contributed by atoms with Crippen LogP contribution in [-0.2, 0) is 4.12 Å². The molecule has 0 saturated carbocycles. The molecule has 0 rings (SSSR count). The van der Waals surface area contributed by atoms with Crippen LogP contribution in [0.5, 0.6) is 0 Å². The van der Waals surface area contributed by atoms with Crippen molar-refractivity contribution >= 4 is 16.6 Å². The zero-order valence-corrected chi connectivity index (χ0v) is 13.5. The molecule has 0 spiro atoms. The fourth-order valence-electron chi connectivity index (χ4n) is 1.78. The van der Waals surface area contributed by atoms with Gasteiger partial charge in [-0.05, 0) is 38.3 Å². The second-order valence-corrected chi connectivity index (χ2v) is 14.8. The third-order valence-electron chi connectivity index (χ3n) is 2.43. The summed E-state index contributed by atoms with van der Waals surface area (Å²) in [5, 5.41) is 0. The lowest BCUT2D eigenvalue weighted by Crippen LogP contribution is -2.45. The second-order valence-electron chi connectivity index (χ2n) is 5.89. The quantitative estimate of drug-likeness (QED) is 0.474. The first-order valence-corrected chi connectivity index (χ1v) is 12.2. The van der Waals surface area contributed by atoms with Crippen LogP contribution in [0.2, 0.25) is 38.3 Å². The van der Waals surface area contributed by atoms with Crippen LogP contribution in [0.25, 0.3) is 0 Å². The minimum Gasteiger partial charge on any atom is -0.455 e. The molecule has 0 aromatic carbocycles. The maximum absolute atomic E-state index is 12.2. The summed E-state index contributed by atoms with van der Waals surface area (Å²) in [4.78, 5) is 0. The van der Waals surface area contributed by atoms with Crippen LogP contribution in [0.4, 0.5) is 26.3 Å². The second kappa shape index (κ2) is 6.17. The fourth-order valence-corrected chi connectivity index (χ4v) is 10.4. The van der Waals surface area contributed by atoms with Gasteiger partial charge in [0.25, 0.3) is 0 Å². The summed E-state index contributed by atoms with van der Waals surface area (Å²) in [6.07, 6.45) is -10.8. The lowest BCUT2D eigenvalue weighted by atomic mass is 10.5. The lowest BCUT2D eigenvalue weighted by molar-refractivity contribution is -0.132. The highest BCUT2D eigenvalue weighted by Crippen LogP contribution is 2.34. The van der Waals surface area contributed by atoms with Crippen molar-refractivity contribution in [2.45, 2.75) is 63.5 Å². The van der Waals surface area contributed by atoms with Crippen molar-refractivity contribution in [1.29, 1.82) is 0 Å². The van der Waals surface area contributed by atoms with Gasteiger partial charge in [-0.3, -0.25) is 0 Å². The Morgan fingerprint density at radius 3 is 1.26 bits per heavy atom. The van der Waals surface area contributed by atoms with Crippen molar-refractivity contribution in [2.24, 2.45) is 0 Å². The normalized spacial score (nSPS) is 14.8. The molecular formula is C10H20F6OSi2. The van der Waals surface area contributed by atoms with E-state index in [9.17, 15) is 26.3 Å². The summed E-state index contributed by atoms with van der Waals surface area (Å²) in [5.74, 6) is 0. The van der Waals surface area contributed by atoms with Gasteiger partial charge in [-0.25, -0.2) is 0 Å². The first-order valence-electron chi connectivity index (χ1n) is 5.96. The van der Waals surface area contributed by atoms with Crippen LogP contribution in [0.1, 0.15) is 12.8 Å². The average Bonchev–Trinajstić information content (AvgIpc) is 2.07. The van der Waals surface area contributed by atoms with Gasteiger partial charge in [0, 0.05) is 12.8 Å². The molecule has 0 atom stereocenters. The van der Waals surface area contributed by atoms with E-state index in [1.54, 1.807) is 19.6 Å². The first kappa shape index (κ1) is 19.0. The van der Waals surface area contributed by atoms with E-state index in [0.29, 0.717) is 0 Å². The Morgan fingerprint density at radius 2 is 1.05 bits per heavy atom. The van der Waals surface area contributed by atoms with Gasteiger partial charge in [-0.2, -0.15) is 26.3 Å². The highest BCUT2D eigenvalue weighted by molar-refractivity contribution is 6.84. The predicted octanol–water partition coefficient (Wildman–Crippen LogP) is 5.32. The Hall–Kier alpha value is -0.0262. The molecule has 0 amide bonds. The molecule has 0 aliphatic rings. The van der Waals surface area contributed by atoms with Gasteiger partial charge >= 0.3 is 12.4 Å². The highest BCUT2D eigenvalue weighted by atomic mass is 28.4. The summed E-state index contributed by atoms with van der Waals surface area (Å²) in [5.41, 5.74) is 0. The number of rotatable bonds is 6. The molecule has 0 heterocycles. The van der Waals surface area contributed by atoms with Gasteiger partial charge in [0.05, 0.1) is 0 Å². The Balaban J connectivity index is 4.72. The van der Waals surface area contributed by atoms with E-state index < -0.39 is 41.8 Å². The first-order chi connectivity index (χ1) is 8.12. The van der Waals surface area contributed by atoms with Crippen molar-refractivity contribution in [2.75, 3.05) is 0 Å². The molecule has 0 aromatic heterocycles. The van der Waals surface area contributed by atoms with Crippen molar-refractivity contribution in [3.8, 4) is 0 Å². The fraction of sp³-hybridized carbons (Fsp3) is 1.00. The van der Waals surface area contributed by atoms with Gasteiger partial charge in [-0.1, -0.05) is 0 Å². The summed E-state index contributed by atoms with van der Waals surface area (Å²) >= 11 is 0. The molecule has 1 nitrogen and oxygen atoms in total. The predicted molar refractivity (Wildman–Crippen MR) is 67.0 cm³/mol. The van der Waals surface area contributed by atoms with E-state index in [-0.39, 0.29) is 12.1 Å². The van der Waals surface area contributed by atoms with Crippen LogP contribution in [-0.4, -0.2) is 29.0 Å². The van der Waals surface area contributed by atoms with Crippen molar-refractivity contribution in [3.63, 3.8) is 0 Å². The van der Waals surface area contributed by atoms with E-state index in [1.165, 1.54) is 6.55 Å². The molecule has 0 aliphatic heterocycles. The van der Waals surface area contributed by atoms with E-state index in [2.05, 4.69) is 0 Å². The number of hydrogen-bond donors (Lipinski definition) is 0. The van der Waals surface area contributed by atoms with Gasteiger partial charge in [0.1, 0.15) is 0 Å². The van der Waals surface area contributed by atoms with Gasteiger partial charge in [0.2, 0.25) is 0 Å². The summed E-state index contributed by atoms with van der Waals surface area (Å²) in [6, 6.07) is -0.617. The van der Waals surface area contributed by atoms with Crippen LogP contribution < -0.4 is 0 Å². The molecule has 0 saturated heterocycles. The molecule has 0 bridgehead atoms. The van der Waals surface area contributed by atoms with E-state index in [4.69, 9.17) is 4.12 Å². The SMILES string of the molecule is C[Si](C)(C)O[Si](C)(CCC(F)(F)F)CCC(F)(F)F. The van der Waals surface area contributed by atoms with E-state index in [0.717, 1.165) is 0 Å². The zero-order valence-electron chi connectivity index (χ0n) is 11.5. The van der Waals surface area contributed by atoms with Gasteiger partial charge in [0.15, 0.2) is 16.6 Å². The molecule has 0 radical (unpaired) electrons. The molecule has 0 unspecified atom stereocenters. The van der Waals surface area contributed by atoms with E-state index in [1.807, 2.05) is 0 Å². The van der Waals surface area contributed by atoms with Crippen molar-refractivity contribution in [1.82, 2.24) is 0 Å². The van der Waals surface area contributed by atoms with Crippen molar-refractivity contribution < 1.29 is 30.5 Å². The molecule has 0 aromatic rings. The van der Waals surface area contributed by atoms with Gasteiger partial charge in [-0.15, -0.1) is 0 Å². The van der Waals surface area contributed by atoms with Crippen LogP contribution >= 0.6 is 0 Å². The number of halogens is 6. The highest BCUT2D eigenvalue weighted by Gasteiger charge is 2.41. The van der Waals surface area contributed by atoms with Crippen LogP contribution in [0.15, 0.2) is 0 Å². The zero-order chi connectivity index (χ0) is 15.5. The Labute approximate surface area is 111 Å². The largest absolute Gasteiger partial charge is 0.455 e. The molecule has 19 heavy (non-hydrogen) atoms. The van der Waals surface area contributed by atoms with Gasteiger partial charge < -0.3 is 4.12 Å². The Morgan fingerprint density at radius 1 is 0.737 bits per heavy atom. The number of alkyl halides is 6. The Kier molecular flexibility index (Phi) is 6.16. The Bertz CT molecular complexity index is 263. The smallest absolute Gasteiger partial charge is 0.388 e. The minimum absolute atomic E-state index is 0.309. The van der Waals surface area contributed by atoms with E-state index >= 15 is 0 Å². The maximum Gasteiger partial charge on any atom is 0.388 e.